The van der Waals surface area contributed by atoms with Crippen molar-refractivity contribution in [3.05, 3.63) is 64.2 Å². The normalized spacial score (nSPS) is 26.3. The Kier molecular flexibility index (Phi) is 14.2. The number of aliphatic hydroxyl groups is 1. The molecule has 288 valence electrons. The summed E-state index contributed by atoms with van der Waals surface area (Å²) in [6.07, 6.45) is 0.926. The van der Waals surface area contributed by atoms with E-state index in [0.717, 1.165) is 42.8 Å². The van der Waals surface area contributed by atoms with Gasteiger partial charge in [-0.15, -0.1) is 0 Å². The average Bonchev–Trinajstić information content (AvgIpc) is 3.00. The Labute approximate surface area is 318 Å². The van der Waals surface area contributed by atoms with Crippen LogP contribution in [0.1, 0.15) is 48.9 Å². The lowest BCUT2D eigenvalue weighted by Crippen LogP contribution is -2.69. The average molecular weight is 797 g/mol. The summed E-state index contributed by atoms with van der Waals surface area (Å²) in [7, 11) is -8.62. The predicted octanol–water partition coefficient (Wildman–Crippen LogP) is 9.37. The van der Waals surface area contributed by atoms with Gasteiger partial charge in [0, 0.05) is 10.6 Å². The van der Waals surface area contributed by atoms with Crippen LogP contribution in [0, 0.1) is 0 Å². The molecule has 2 aliphatic rings. The van der Waals surface area contributed by atoms with Gasteiger partial charge in [-0.2, -0.15) is 0 Å². The van der Waals surface area contributed by atoms with E-state index in [1.165, 1.54) is 6.42 Å². The Morgan fingerprint density at radius 2 is 1.35 bits per heavy atom. The highest BCUT2D eigenvalue weighted by molar-refractivity contribution is 6.71. The van der Waals surface area contributed by atoms with E-state index in [9.17, 15) is 5.11 Å². The standard InChI is InChI=1S/C38H66ClNO7Si4/c1-14-42-30-21-18-28(19-22-30)34(40-24-16-15-17-25-40)31-26-29(20-23-32(31)39)38(41)37(47-51(11,12)13)36(46-50(8,9)10)35(45-49(5,6)7)33(44-38)27-43-48(2,3)4/h18-23,26,33-37,41H,14-17,24-25,27H2,1-13H3/t33-,34?,35?,36?,37?,38+/m1/s1. The zero-order valence-corrected chi connectivity index (χ0v) is 38.4. The molecule has 2 fully saturated rings. The van der Waals surface area contributed by atoms with E-state index in [1.54, 1.807) is 0 Å². The summed E-state index contributed by atoms with van der Waals surface area (Å²) in [5.74, 6) is -1.04. The molecule has 0 bridgehead atoms. The van der Waals surface area contributed by atoms with Crippen LogP contribution in [0.15, 0.2) is 42.5 Å². The van der Waals surface area contributed by atoms with E-state index in [-0.39, 0.29) is 12.6 Å². The molecule has 13 heteroatoms. The Bertz CT molecular complexity index is 1420. The fourth-order valence-corrected chi connectivity index (χ4v) is 11.1. The van der Waals surface area contributed by atoms with Crippen molar-refractivity contribution in [2.45, 2.75) is 141 Å². The largest absolute Gasteiger partial charge is 0.494 e. The molecule has 0 spiro atoms. The molecule has 0 saturated carbocycles. The Morgan fingerprint density at radius 1 is 0.784 bits per heavy atom. The molecule has 2 aromatic rings. The van der Waals surface area contributed by atoms with Gasteiger partial charge in [0.15, 0.2) is 33.3 Å². The molecule has 4 unspecified atom stereocenters. The lowest BCUT2D eigenvalue weighted by molar-refractivity contribution is -0.348. The third kappa shape index (κ3) is 12.1. The highest BCUT2D eigenvalue weighted by Crippen LogP contribution is 2.45. The number of hydrogen-bond donors (Lipinski definition) is 1. The van der Waals surface area contributed by atoms with Crippen LogP contribution in [0.3, 0.4) is 0 Å². The topological polar surface area (TPSA) is 78.9 Å². The fourth-order valence-electron chi connectivity index (χ4n) is 6.93. The van der Waals surface area contributed by atoms with Crippen molar-refractivity contribution >= 4 is 44.9 Å². The fraction of sp³-hybridized carbons (Fsp3) is 0.684. The van der Waals surface area contributed by atoms with Crippen LogP contribution in [0.4, 0.5) is 0 Å². The number of hydrogen-bond acceptors (Lipinski definition) is 8. The van der Waals surface area contributed by atoms with E-state index in [4.69, 9.17) is 38.8 Å². The van der Waals surface area contributed by atoms with E-state index >= 15 is 0 Å². The van der Waals surface area contributed by atoms with Gasteiger partial charge in [0.2, 0.25) is 5.79 Å². The summed E-state index contributed by atoms with van der Waals surface area (Å²) in [6.45, 7) is 30.8. The highest BCUT2D eigenvalue weighted by Gasteiger charge is 2.59. The molecule has 2 aromatic carbocycles. The van der Waals surface area contributed by atoms with E-state index in [0.29, 0.717) is 17.2 Å². The minimum Gasteiger partial charge on any atom is -0.494 e. The van der Waals surface area contributed by atoms with Crippen LogP contribution in [0.25, 0.3) is 0 Å². The summed E-state index contributed by atoms with van der Waals surface area (Å²) in [5.41, 5.74) is 2.63. The summed E-state index contributed by atoms with van der Waals surface area (Å²) >= 11 is 7.16. The second kappa shape index (κ2) is 16.9. The van der Waals surface area contributed by atoms with Gasteiger partial charge in [-0.1, -0.05) is 36.2 Å². The van der Waals surface area contributed by atoms with Crippen molar-refractivity contribution in [2.75, 3.05) is 26.3 Å². The lowest BCUT2D eigenvalue weighted by atomic mass is 9.86. The first-order chi connectivity index (χ1) is 23.5. The van der Waals surface area contributed by atoms with Gasteiger partial charge in [-0.05, 0) is 147 Å². The molecule has 2 saturated heterocycles. The molecule has 0 aliphatic carbocycles. The Morgan fingerprint density at radius 3 is 1.88 bits per heavy atom. The molecule has 8 nitrogen and oxygen atoms in total. The number of piperidine rings is 1. The van der Waals surface area contributed by atoms with E-state index < -0.39 is 63.5 Å². The van der Waals surface area contributed by atoms with Crippen LogP contribution < -0.4 is 4.74 Å². The van der Waals surface area contributed by atoms with Gasteiger partial charge in [0.1, 0.15) is 30.2 Å². The van der Waals surface area contributed by atoms with Crippen LogP contribution in [0.5, 0.6) is 5.75 Å². The van der Waals surface area contributed by atoms with Crippen molar-refractivity contribution in [2.24, 2.45) is 0 Å². The molecule has 2 aliphatic heterocycles. The first-order valence-corrected chi connectivity index (χ1v) is 32.8. The third-order valence-corrected chi connectivity index (χ3v) is 13.1. The SMILES string of the molecule is CCOc1ccc(C(c2cc([C@]3(O)O[C@H](CO[Si](C)(C)C)C(O[Si](C)(C)C)C(O[Si](C)(C)C)C3O[Si](C)(C)C)ccc2Cl)N2CCCCC2)cc1. The molecule has 6 atom stereocenters. The summed E-state index contributed by atoms with van der Waals surface area (Å²) in [4.78, 5) is 2.51. The summed E-state index contributed by atoms with van der Waals surface area (Å²) < 4.78 is 40.4. The van der Waals surface area contributed by atoms with Crippen LogP contribution in [-0.4, -0.2) is 94.0 Å². The number of likely N-dealkylation sites (tertiary alicyclic amines) is 1. The molecule has 1 N–H and O–H groups in total. The summed E-state index contributed by atoms with van der Waals surface area (Å²) in [6, 6.07) is 14.0. The zero-order chi connectivity index (χ0) is 38.0. The maximum absolute atomic E-state index is 13.3. The molecule has 0 amide bonds. The van der Waals surface area contributed by atoms with Crippen LogP contribution in [-0.2, 0) is 28.2 Å². The van der Waals surface area contributed by atoms with E-state index in [2.05, 4.69) is 95.6 Å². The van der Waals surface area contributed by atoms with Crippen molar-refractivity contribution in [3.8, 4) is 5.75 Å². The quantitative estimate of drug-likeness (QED) is 0.179. The smallest absolute Gasteiger partial charge is 0.221 e. The van der Waals surface area contributed by atoms with Gasteiger partial charge in [0.05, 0.1) is 19.3 Å². The Balaban J connectivity index is 1.93. The van der Waals surface area contributed by atoms with Gasteiger partial charge < -0.3 is 32.3 Å². The molecular formula is C38H66ClNO7Si4. The van der Waals surface area contributed by atoms with Gasteiger partial charge in [0.25, 0.3) is 0 Å². The number of rotatable bonds is 15. The van der Waals surface area contributed by atoms with Gasteiger partial charge in [-0.3, -0.25) is 4.90 Å². The lowest BCUT2D eigenvalue weighted by Gasteiger charge is -2.54. The van der Waals surface area contributed by atoms with Crippen molar-refractivity contribution in [3.63, 3.8) is 0 Å². The number of ether oxygens (including phenoxy) is 2. The second-order valence-electron chi connectivity index (χ2n) is 18.1. The maximum atomic E-state index is 13.3. The minimum absolute atomic E-state index is 0.125. The Hall–Kier alpha value is -0.882. The van der Waals surface area contributed by atoms with Crippen LogP contribution in [0.2, 0.25) is 83.6 Å². The molecule has 4 rings (SSSR count). The maximum Gasteiger partial charge on any atom is 0.221 e. The third-order valence-electron chi connectivity index (χ3n) is 8.81. The molecular weight excluding hydrogens is 730 g/mol. The summed E-state index contributed by atoms with van der Waals surface area (Å²) in [5, 5.41) is 13.9. The number of halogens is 1. The number of nitrogens with zero attached hydrogens (tertiary/aromatic N) is 1. The van der Waals surface area contributed by atoms with Crippen molar-refractivity contribution in [1.82, 2.24) is 4.90 Å². The first-order valence-electron chi connectivity index (χ1n) is 18.8. The minimum atomic E-state index is -2.30. The molecule has 0 aromatic heterocycles. The van der Waals surface area contributed by atoms with Crippen molar-refractivity contribution in [1.29, 1.82) is 0 Å². The number of benzene rings is 2. The molecule has 0 radical (unpaired) electrons. The van der Waals surface area contributed by atoms with Crippen molar-refractivity contribution < 1.29 is 32.3 Å². The highest BCUT2D eigenvalue weighted by atomic mass is 35.5. The first kappa shape index (κ1) is 42.9. The monoisotopic (exact) mass is 795 g/mol. The van der Waals surface area contributed by atoms with Gasteiger partial charge >= 0.3 is 0 Å². The molecule has 51 heavy (non-hydrogen) atoms. The van der Waals surface area contributed by atoms with Crippen LogP contribution >= 0.6 is 11.6 Å². The predicted molar refractivity (Wildman–Crippen MR) is 219 cm³/mol. The van der Waals surface area contributed by atoms with E-state index in [1.807, 2.05) is 37.3 Å². The zero-order valence-electron chi connectivity index (χ0n) is 33.6. The van der Waals surface area contributed by atoms with Gasteiger partial charge in [-0.25, -0.2) is 0 Å². The second-order valence-corrected chi connectivity index (χ2v) is 36.4. The molecule has 2 heterocycles.